The Morgan fingerprint density at radius 2 is 2.31 bits per heavy atom. The fourth-order valence-electron chi connectivity index (χ4n) is 1.19. The zero-order chi connectivity index (χ0) is 9.68. The van der Waals surface area contributed by atoms with Gasteiger partial charge in [0.15, 0.2) is 0 Å². The maximum atomic E-state index is 10.7. The molecule has 0 aromatic carbocycles. The van der Waals surface area contributed by atoms with Gasteiger partial charge in [0.1, 0.15) is 5.78 Å². The molecular formula is C11H15NO. The van der Waals surface area contributed by atoms with Gasteiger partial charge in [-0.25, -0.2) is 0 Å². The van der Waals surface area contributed by atoms with Crippen LogP contribution in [0, 0.1) is 0 Å². The third-order valence-electron chi connectivity index (χ3n) is 2.02. The largest absolute Gasteiger partial charge is 0.300 e. The Labute approximate surface area is 79.0 Å². The minimum Gasteiger partial charge on any atom is -0.300 e. The molecule has 13 heavy (non-hydrogen) atoms. The molecule has 0 saturated heterocycles. The molecule has 0 aliphatic heterocycles. The van der Waals surface area contributed by atoms with E-state index >= 15 is 0 Å². The number of rotatable bonds is 4. The summed E-state index contributed by atoms with van der Waals surface area (Å²) in [4.78, 5) is 15.0. The van der Waals surface area contributed by atoms with Crippen molar-refractivity contribution in [3.63, 3.8) is 0 Å². The summed E-state index contributed by atoms with van der Waals surface area (Å²) < 4.78 is 0. The van der Waals surface area contributed by atoms with Crippen LogP contribution in [-0.4, -0.2) is 10.8 Å². The van der Waals surface area contributed by atoms with E-state index in [4.69, 9.17) is 0 Å². The lowest BCUT2D eigenvalue weighted by Gasteiger charge is -2.00. The Kier molecular flexibility index (Phi) is 3.62. The van der Waals surface area contributed by atoms with E-state index in [0.29, 0.717) is 6.42 Å². The van der Waals surface area contributed by atoms with E-state index in [1.807, 2.05) is 12.3 Å². The van der Waals surface area contributed by atoms with E-state index in [-0.39, 0.29) is 5.78 Å². The molecule has 0 unspecified atom stereocenters. The minimum absolute atomic E-state index is 0.226. The standard InChI is InChI=1S/C11H15NO/c1-3-10-6-7-12-11(8-10)5-4-9(2)13/h6-8H,3-5H2,1-2H3. The Hall–Kier alpha value is -1.18. The van der Waals surface area contributed by atoms with Crippen LogP contribution in [0.4, 0.5) is 0 Å². The summed E-state index contributed by atoms with van der Waals surface area (Å²) >= 11 is 0. The third kappa shape index (κ3) is 3.36. The van der Waals surface area contributed by atoms with Gasteiger partial charge >= 0.3 is 0 Å². The van der Waals surface area contributed by atoms with Crippen molar-refractivity contribution < 1.29 is 4.79 Å². The summed E-state index contributed by atoms with van der Waals surface area (Å²) in [7, 11) is 0. The fourth-order valence-corrected chi connectivity index (χ4v) is 1.19. The molecule has 0 N–H and O–H groups in total. The highest BCUT2D eigenvalue weighted by Crippen LogP contribution is 2.04. The predicted molar refractivity (Wildman–Crippen MR) is 52.6 cm³/mol. The number of ketones is 1. The van der Waals surface area contributed by atoms with Gasteiger partial charge in [0, 0.05) is 18.3 Å². The Morgan fingerprint density at radius 1 is 1.54 bits per heavy atom. The topological polar surface area (TPSA) is 30.0 Å². The smallest absolute Gasteiger partial charge is 0.130 e. The van der Waals surface area contributed by atoms with Gasteiger partial charge in [-0.1, -0.05) is 6.92 Å². The zero-order valence-electron chi connectivity index (χ0n) is 8.21. The number of carbonyl (C=O) groups is 1. The predicted octanol–water partition coefficient (Wildman–Crippen LogP) is 2.17. The normalized spacial score (nSPS) is 10.0. The van der Waals surface area contributed by atoms with E-state index in [0.717, 1.165) is 18.5 Å². The van der Waals surface area contributed by atoms with Crippen molar-refractivity contribution in [2.75, 3.05) is 0 Å². The van der Waals surface area contributed by atoms with Crippen LogP contribution >= 0.6 is 0 Å². The molecule has 0 atom stereocenters. The third-order valence-corrected chi connectivity index (χ3v) is 2.02. The van der Waals surface area contributed by atoms with Crippen molar-refractivity contribution in [3.05, 3.63) is 29.6 Å². The Morgan fingerprint density at radius 3 is 2.92 bits per heavy atom. The maximum Gasteiger partial charge on any atom is 0.130 e. The van der Waals surface area contributed by atoms with Gasteiger partial charge in [0.2, 0.25) is 0 Å². The van der Waals surface area contributed by atoms with Crippen molar-refractivity contribution in [3.8, 4) is 0 Å². The number of nitrogens with zero attached hydrogens (tertiary/aromatic N) is 1. The monoisotopic (exact) mass is 177 g/mol. The van der Waals surface area contributed by atoms with E-state index in [1.165, 1.54) is 5.56 Å². The lowest BCUT2D eigenvalue weighted by atomic mass is 10.1. The van der Waals surface area contributed by atoms with Crippen LogP contribution in [0.3, 0.4) is 0 Å². The zero-order valence-corrected chi connectivity index (χ0v) is 8.21. The van der Waals surface area contributed by atoms with Crippen LogP contribution in [-0.2, 0) is 17.6 Å². The molecule has 1 aromatic rings. The molecule has 0 aliphatic carbocycles. The first-order valence-corrected chi connectivity index (χ1v) is 4.65. The van der Waals surface area contributed by atoms with Gasteiger partial charge in [-0.05, 0) is 37.5 Å². The summed E-state index contributed by atoms with van der Waals surface area (Å²) in [5, 5.41) is 0. The highest BCUT2D eigenvalue weighted by atomic mass is 16.1. The van der Waals surface area contributed by atoms with E-state index in [2.05, 4.69) is 18.0 Å². The first-order chi connectivity index (χ1) is 6.22. The molecule has 0 radical (unpaired) electrons. The number of hydrogen-bond acceptors (Lipinski definition) is 2. The molecule has 0 saturated carbocycles. The van der Waals surface area contributed by atoms with Crippen LogP contribution < -0.4 is 0 Å². The second-order valence-electron chi connectivity index (χ2n) is 3.21. The molecule has 0 bridgehead atoms. The molecule has 1 aromatic heterocycles. The Bertz CT molecular complexity index is 294. The van der Waals surface area contributed by atoms with E-state index in [9.17, 15) is 4.79 Å². The summed E-state index contributed by atoms with van der Waals surface area (Å²) in [6.07, 6.45) is 4.20. The molecular weight excluding hydrogens is 162 g/mol. The first kappa shape index (κ1) is 9.90. The lowest BCUT2D eigenvalue weighted by molar-refractivity contribution is -0.116. The molecule has 70 valence electrons. The minimum atomic E-state index is 0.226. The SMILES string of the molecule is CCc1ccnc(CCC(C)=O)c1. The summed E-state index contributed by atoms with van der Waals surface area (Å²) in [6.45, 7) is 3.73. The maximum absolute atomic E-state index is 10.7. The van der Waals surface area contributed by atoms with Crippen molar-refractivity contribution in [1.29, 1.82) is 0 Å². The van der Waals surface area contributed by atoms with Gasteiger partial charge < -0.3 is 4.79 Å². The average Bonchev–Trinajstić information content (AvgIpc) is 2.15. The van der Waals surface area contributed by atoms with Crippen LogP contribution in [0.5, 0.6) is 0 Å². The number of hydrogen-bond donors (Lipinski definition) is 0. The van der Waals surface area contributed by atoms with Crippen molar-refractivity contribution in [1.82, 2.24) is 4.98 Å². The van der Waals surface area contributed by atoms with E-state index in [1.54, 1.807) is 6.92 Å². The Balaban J connectivity index is 2.61. The van der Waals surface area contributed by atoms with E-state index < -0.39 is 0 Å². The molecule has 0 spiro atoms. The van der Waals surface area contributed by atoms with Crippen molar-refractivity contribution in [2.24, 2.45) is 0 Å². The van der Waals surface area contributed by atoms with Gasteiger partial charge in [-0.3, -0.25) is 4.98 Å². The number of carbonyl (C=O) groups excluding carboxylic acids is 1. The molecule has 2 nitrogen and oxygen atoms in total. The first-order valence-electron chi connectivity index (χ1n) is 4.65. The summed E-state index contributed by atoms with van der Waals surface area (Å²) in [5.74, 6) is 0.226. The van der Waals surface area contributed by atoms with Gasteiger partial charge in [-0.2, -0.15) is 0 Å². The van der Waals surface area contributed by atoms with Crippen LogP contribution in [0.15, 0.2) is 18.3 Å². The molecule has 1 heterocycles. The van der Waals surface area contributed by atoms with Gasteiger partial charge in [0.05, 0.1) is 0 Å². The quantitative estimate of drug-likeness (QED) is 0.705. The highest BCUT2D eigenvalue weighted by molar-refractivity contribution is 5.75. The fraction of sp³-hybridized carbons (Fsp3) is 0.455. The molecule has 0 aliphatic rings. The van der Waals surface area contributed by atoms with Crippen LogP contribution in [0.25, 0.3) is 0 Å². The number of pyridine rings is 1. The second kappa shape index (κ2) is 4.75. The molecule has 0 amide bonds. The van der Waals surface area contributed by atoms with Crippen LogP contribution in [0.2, 0.25) is 0 Å². The second-order valence-corrected chi connectivity index (χ2v) is 3.21. The van der Waals surface area contributed by atoms with Crippen LogP contribution in [0.1, 0.15) is 31.5 Å². The number of Topliss-reactive ketones (excluding diaryl/α,β-unsaturated/α-hetero) is 1. The van der Waals surface area contributed by atoms with Crippen molar-refractivity contribution >= 4 is 5.78 Å². The lowest BCUT2D eigenvalue weighted by Crippen LogP contribution is -1.97. The molecule has 2 heteroatoms. The van der Waals surface area contributed by atoms with Gasteiger partial charge in [0.25, 0.3) is 0 Å². The number of aryl methyl sites for hydroxylation is 2. The highest BCUT2D eigenvalue weighted by Gasteiger charge is 1.98. The van der Waals surface area contributed by atoms with Gasteiger partial charge in [-0.15, -0.1) is 0 Å². The molecule has 0 fully saturated rings. The molecule has 1 rings (SSSR count). The number of aromatic nitrogens is 1. The van der Waals surface area contributed by atoms with Crippen molar-refractivity contribution in [2.45, 2.75) is 33.1 Å². The summed E-state index contributed by atoms with van der Waals surface area (Å²) in [6, 6.07) is 4.08. The average molecular weight is 177 g/mol. The summed E-state index contributed by atoms with van der Waals surface area (Å²) in [5.41, 5.74) is 2.31.